The third-order valence-corrected chi connectivity index (χ3v) is 4.75. The maximum atomic E-state index is 6.24. The molecule has 0 aromatic carbocycles. The van der Waals surface area contributed by atoms with Crippen LogP contribution >= 0.6 is 0 Å². The number of unbranched alkanes of at least 4 members (excludes halogenated alkanes) is 2. The smallest absolute Gasteiger partial charge is 0.0593 e. The van der Waals surface area contributed by atoms with Crippen molar-refractivity contribution in [2.75, 3.05) is 19.7 Å². The molecule has 1 aliphatic rings. The fourth-order valence-electron chi connectivity index (χ4n) is 3.65. The molecule has 0 saturated carbocycles. The Morgan fingerprint density at radius 1 is 1.25 bits per heavy atom. The molecular formula is C17H36N2O. The Balaban J connectivity index is 2.75. The van der Waals surface area contributed by atoms with Crippen molar-refractivity contribution in [3.8, 4) is 0 Å². The average molecular weight is 284 g/mol. The van der Waals surface area contributed by atoms with Crippen LogP contribution < -0.4 is 5.73 Å². The van der Waals surface area contributed by atoms with Gasteiger partial charge in [-0.1, -0.05) is 33.1 Å². The normalized spacial score (nSPS) is 27.4. The second kappa shape index (κ2) is 9.01. The second-order valence-corrected chi connectivity index (χ2v) is 6.66. The third kappa shape index (κ3) is 4.71. The number of hydrogen-bond donors (Lipinski definition) is 1. The van der Waals surface area contributed by atoms with Crippen LogP contribution in [0.5, 0.6) is 0 Å². The Labute approximate surface area is 126 Å². The summed E-state index contributed by atoms with van der Waals surface area (Å²) in [5, 5.41) is 0. The Kier molecular flexibility index (Phi) is 8.08. The van der Waals surface area contributed by atoms with Gasteiger partial charge in [0.2, 0.25) is 0 Å². The van der Waals surface area contributed by atoms with Gasteiger partial charge in [-0.15, -0.1) is 0 Å². The maximum absolute atomic E-state index is 6.24. The summed E-state index contributed by atoms with van der Waals surface area (Å²) in [4.78, 5) is 2.67. The maximum Gasteiger partial charge on any atom is 0.0593 e. The number of hydrogen-bond acceptors (Lipinski definition) is 3. The predicted octanol–water partition coefficient (Wildman–Crippen LogP) is 3.56. The molecule has 2 unspecified atom stereocenters. The zero-order chi connectivity index (χ0) is 15.0. The molecule has 2 atom stereocenters. The van der Waals surface area contributed by atoms with E-state index < -0.39 is 0 Å². The Morgan fingerprint density at radius 3 is 2.55 bits per heavy atom. The highest BCUT2D eigenvalue weighted by Gasteiger charge is 2.41. The first-order valence-corrected chi connectivity index (χ1v) is 8.68. The van der Waals surface area contributed by atoms with E-state index in [0.717, 1.165) is 26.0 Å². The molecule has 0 aliphatic carbocycles. The molecule has 1 rings (SSSR count). The van der Waals surface area contributed by atoms with Crippen molar-refractivity contribution in [2.24, 2.45) is 5.73 Å². The van der Waals surface area contributed by atoms with Crippen molar-refractivity contribution in [2.45, 2.75) is 90.3 Å². The standard InChI is InChI=1S/C17H36N2O/c1-5-7-8-11-19(15(3)4)17(14-18)10-12-20-16(13-17)9-6-2/h15-16H,5-14,18H2,1-4H3. The first-order valence-electron chi connectivity index (χ1n) is 8.68. The summed E-state index contributed by atoms with van der Waals surface area (Å²) in [6, 6.07) is 0.566. The van der Waals surface area contributed by atoms with Crippen LogP contribution in [0.2, 0.25) is 0 Å². The van der Waals surface area contributed by atoms with Crippen molar-refractivity contribution in [3.63, 3.8) is 0 Å². The van der Waals surface area contributed by atoms with E-state index in [1.54, 1.807) is 0 Å². The van der Waals surface area contributed by atoms with Gasteiger partial charge in [-0.25, -0.2) is 0 Å². The van der Waals surface area contributed by atoms with Crippen molar-refractivity contribution in [1.82, 2.24) is 4.90 Å². The highest BCUT2D eigenvalue weighted by Crippen LogP contribution is 2.33. The van der Waals surface area contributed by atoms with Gasteiger partial charge < -0.3 is 10.5 Å². The first kappa shape index (κ1) is 17.9. The molecule has 0 aromatic rings. The lowest BCUT2D eigenvalue weighted by Gasteiger charge is -2.50. The van der Waals surface area contributed by atoms with Crippen LogP contribution in [0.4, 0.5) is 0 Å². The van der Waals surface area contributed by atoms with E-state index in [9.17, 15) is 0 Å². The molecule has 2 N–H and O–H groups in total. The van der Waals surface area contributed by atoms with Crippen LogP contribution in [0.3, 0.4) is 0 Å². The van der Waals surface area contributed by atoms with Gasteiger partial charge in [-0.2, -0.15) is 0 Å². The quantitative estimate of drug-likeness (QED) is 0.658. The van der Waals surface area contributed by atoms with Crippen molar-refractivity contribution < 1.29 is 4.74 Å². The molecule has 0 spiro atoms. The SMILES string of the molecule is CCCCCN(C(C)C)C1(CN)CCOC(CCC)C1. The molecule has 1 heterocycles. The lowest BCUT2D eigenvalue weighted by atomic mass is 9.82. The van der Waals surface area contributed by atoms with Crippen molar-refractivity contribution in [3.05, 3.63) is 0 Å². The van der Waals surface area contributed by atoms with E-state index in [1.165, 1.54) is 38.6 Å². The highest BCUT2D eigenvalue weighted by molar-refractivity contribution is 4.97. The van der Waals surface area contributed by atoms with Gasteiger partial charge in [0, 0.05) is 24.7 Å². The van der Waals surface area contributed by atoms with Gasteiger partial charge in [0.05, 0.1) is 6.10 Å². The predicted molar refractivity (Wildman–Crippen MR) is 87.0 cm³/mol. The van der Waals surface area contributed by atoms with Gasteiger partial charge in [-0.05, 0) is 46.1 Å². The van der Waals surface area contributed by atoms with E-state index in [4.69, 9.17) is 10.5 Å². The number of nitrogens with two attached hydrogens (primary N) is 1. The highest BCUT2D eigenvalue weighted by atomic mass is 16.5. The van der Waals surface area contributed by atoms with Crippen molar-refractivity contribution in [1.29, 1.82) is 0 Å². The van der Waals surface area contributed by atoms with Crippen molar-refractivity contribution >= 4 is 0 Å². The van der Waals surface area contributed by atoms with Gasteiger partial charge in [0.1, 0.15) is 0 Å². The van der Waals surface area contributed by atoms with Gasteiger partial charge in [0.15, 0.2) is 0 Å². The lowest BCUT2D eigenvalue weighted by molar-refractivity contribution is -0.0829. The Bertz CT molecular complexity index is 255. The summed E-state index contributed by atoms with van der Waals surface area (Å²) in [5.74, 6) is 0. The van der Waals surface area contributed by atoms with Crippen LogP contribution in [-0.2, 0) is 4.74 Å². The summed E-state index contributed by atoms with van der Waals surface area (Å²) in [6.45, 7) is 12.0. The van der Waals surface area contributed by atoms with Crippen LogP contribution in [0, 0.1) is 0 Å². The summed E-state index contributed by atoms with van der Waals surface area (Å²) in [7, 11) is 0. The Morgan fingerprint density at radius 2 is 2.00 bits per heavy atom. The molecule has 0 amide bonds. The molecule has 3 nitrogen and oxygen atoms in total. The Hall–Kier alpha value is -0.120. The molecular weight excluding hydrogens is 248 g/mol. The lowest BCUT2D eigenvalue weighted by Crippen LogP contribution is -2.60. The molecule has 0 aromatic heterocycles. The molecule has 1 aliphatic heterocycles. The van der Waals surface area contributed by atoms with E-state index in [1.807, 2.05) is 0 Å². The zero-order valence-electron chi connectivity index (χ0n) is 14.2. The minimum Gasteiger partial charge on any atom is -0.378 e. The van der Waals surface area contributed by atoms with E-state index in [-0.39, 0.29) is 5.54 Å². The molecule has 120 valence electrons. The van der Waals surface area contributed by atoms with Crippen LogP contribution in [0.1, 0.15) is 72.6 Å². The summed E-state index contributed by atoms with van der Waals surface area (Å²) in [5.41, 5.74) is 6.41. The number of nitrogens with zero attached hydrogens (tertiary/aromatic N) is 1. The van der Waals surface area contributed by atoms with Crippen LogP contribution in [-0.4, -0.2) is 42.3 Å². The number of rotatable bonds is 9. The zero-order valence-corrected chi connectivity index (χ0v) is 14.2. The molecule has 0 radical (unpaired) electrons. The summed E-state index contributed by atoms with van der Waals surface area (Å²) in [6.07, 6.45) is 8.86. The van der Waals surface area contributed by atoms with Gasteiger partial charge in [0.25, 0.3) is 0 Å². The van der Waals surface area contributed by atoms with Crippen LogP contribution in [0.25, 0.3) is 0 Å². The fraction of sp³-hybridized carbons (Fsp3) is 1.00. The topological polar surface area (TPSA) is 38.5 Å². The first-order chi connectivity index (χ1) is 9.59. The van der Waals surface area contributed by atoms with E-state index >= 15 is 0 Å². The molecule has 1 fully saturated rings. The fourth-order valence-corrected chi connectivity index (χ4v) is 3.65. The molecule has 1 saturated heterocycles. The van der Waals surface area contributed by atoms with Gasteiger partial charge in [-0.3, -0.25) is 4.90 Å². The van der Waals surface area contributed by atoms with E-state index in [2.05, 4.69) is 32.6 Å². The monoisotopic (exact) mass is 284 g/mol. The molecule has 20 heavy (non-hydrogen) atoms. The summed E-state index contributed by atoms with van der Waals surface area (Å²) < 4.78 is 5.95. The van der Waals surface area contributed by atoms with Gasteiger partial charge >= 0.3 is 0 Å². The second-order valence-electron chi connectivity index (χ2n) is 6.66. The van der Waals surface area contributed by atoms with E-state index in [0.29, 0.717) is 12.1 Å². The molecule has 3 heteroatoms. The minimum atomic E-state index is 0.167. The van der Waals surface area contributed by atoms with Crippen LogP contribution in [0.15, 0.2) is 0 Å². The average Bonchev–Trinajstić information content (AvgIpc) is 2.44. The summed E-state index contributed by atoms with van der Waals surface area (Å²) >= 11 is 0. The molecule has 0 bridgehead atoms. The number of ether oxygens (including phenoxy) is 1. The largest absolute Gasteiger partial charge is 0.378 e. The minimum absolute atomic E-state index is 0.167. The third-order valence-electron chi connectivity index (χ3n) is 4.75.